The Hall–Kier alpha value is -2.15. The highest BCUT2D eigenvalue weighted by Crippen LogP contribution is 2.32. The summed E-state index contributed by atoms with van der Waals surface area (Å²) in [5.74, 6) is -2.47. The van der Waals surface area contributed by atoms with Gasteiger partial charge in [0, 0.05) is 0 Å². The van der Waals surface area contributed by atoms with Crippen LogP contribution >= 0.6 is 15.9 Å². The minimum absolute atomic E-state index is 0.986. The summed E-state index contributed by atoms with van der Waals surface area (Å²) in [6.45, 7) is 0.986. The average Bonchev–Trinajstić information content (AvgIpc) is 2.74. The van der Waals surface area contributed by atoms with Crippen LogP contribution in [0.4, 0.5) is 17.3 Å². The van der Waals surface area contributed by atoms with Gasteiger partial charge in [0.2, 0.25) is 0 Å². The van der Waals surface area contributed by atoms with Crippen LogP contribution in [-0.4, -0.2) is 31.7 Å². The molecule has 1 heterocycles. The topological polar surface area (TPSA) is 184 Å². The van der Waals surface area contributed by atoms with Crippen LogP contribution in [0, 0.1) is 30.3 Å². The Labute approximate surface area is 107 Å². The van der Waals surface area contributed by atoms with Gasteiger partial charge in [-0.05, 0) is 10.0 Å². The van der Waals surface area contributed by atoms with Crippen molar-refractivity contribution in [3.05, 3.63) is 30.3 Å². The van der Waals surface area contributed by atoms with Crippen molar-refractivity contribution in [3.63, 3.8) is 0 Å². The maximum Gasteiger partial charge on any atom is 0.472 e. The van der Waals surface area contributed by atoms with Gasteiger partial charge >= 0.3 is 11.5 Å². The van der Waals surface area contributed by atoms with Crippen LogP contribution < -0.4 is 10.8 Å². The molecule has 18 heavy (non-hydrogen) atoms. The van der Waals surface area contributed by atoms with E-state index in [0.29, 0.717) is 0 Å². The standard InChI is InChI=1S/C3N5O6.C2H6BrN/c9-6(10)1-2(7(11)12)4-5-3(1)8(13)14;3-1-2-4/h;1-2,4H2/q-1;/p+1. The van der Waals surface area contributed by atoms with Gasteiger partial charge in [0.25, 0.3) is 5.82 Å². The number of hydrogen-bond donors (Lipinski definition) is 1. The molecule has 0 saturated heterocycles. The molecular formula is C5H7BrN6O6. The fourth-order valence-electron chi connectivity index (χ4n) is 0.699. The zero-order chi connectivity index (χ0) is 14.3. The lowest BCUT2D eigenvalue weighted by Crippen LogP contribution is -2.50. The molecule has 0 spiro atoms. The first-order valence-corrected chi connectivity index (χ1v) is 5.30. The van der Waals surface area contributed by atoms with Gasteiger partial charge in [-0.15, -0.1) is 0 Å². The number of halogens is 1. The van der Waals surface area contributed by atoms with Crippen molar-refractivity contribution in [1.29, 1.82) is 0 Å². The van der Waals surface area contributed by atoms with Crippen LogP contribution in [0.1, 0.15) is 0 Å². The fraction of sp³-hybridized carbons (Fsp3) is 0.400. The van der Waals surface area contributed by atoms with Gasteiger partial charge in [-0.1, -0.05) is 15.9 Å². The van der Waals surface area contributed by atoms with E-state index < -0.39 is 32.1 Å². The van der Waals surface area contributed by atoms with E-state index in [9.17, 15) is 30.3 Å². The molecule has 1 aromatic heterocycles. The van der Waals surface area contributed by atoms with Crippen molar-refractivity contribution in [1.82, 2.24) is 10.2 Å². The molecule has 1 aromatic rings. The van der Waals surface area contributed by atoms with E-state index in [-0.39, 0.29) is 0 Å². The third kappa shape index (κ3) is 4.02. The van der Waals surface area contributed by atoms with Crippen molar-refractivity contribution in [2.24, 2.45) is 0 Å². The first-order chi connectivity index (χ1) is 8.36. The number of rotatable bonds is 4. The van der Waals surface area contributed by atoms with Crippen LogP contribution in [0.2, 0.25) is 0 Å². The molecule has 0 unspecified atom stereocenters. The fourth-order valence-corrected chi connectivity index (χ4v) is 0.699. The lowest BCUT2D eigenvalue weighted by atomic mass is 10.5. The highest BCUT2D eigenvalue weighted by molar-refractivity contribution is 9.09. The van der Waals surface area contributed by atoms with E-state index >= 15 is 0 Å². The predicted octanol–water partition coefficient (Wildman–Crippen LogP) is -0.613. The van der Waals surface area contributed by atoms with Gasteiger partial charge < -0.3 is 26.0 Å². The Bertz CT molecular complexity index is 426. The molecule has 0 aromatic carbocycles. The van der Waals surface area contributed by atoms with Crippen LogP contribution in [-0.2, 0) is 0 Å². The maximum absolute atomic E-state index is 10.2. The number of alkyl halides is 1. The maximum atomic E-state index is 10.2. The zero-order valence-electron chi connectivity index (χ0n) is 8.68. The second kappa shape index (κ2) is 7.23. The molecule has 13 heteroatoms. The molecule has 0 aliphatic rings. The number of aromatic nitrogens is 2. The number of quaternary nitrogens is 1. The summed E-state index contributed by atoms with van der Waals surface area (Å²) in [4.78, 5) is 26.8. The van der Waals surface area contributed by atoms with Gasteiger partial charge in [0.1, 0.15) is 0 Å². The third-order valence-electron chi connectivity index (χ3n) is 1.33. The molecule has 1 rings (SSSR count). The third-order valence-corrected chi connectivity index (χ3v) is 1.89. The summed E-state index contributed by atoms with van der Waals surface area (Å²) in [7, 11) is 0. The lowest BCUT2D eigenvalue weighted by Gasteiger charge is -1.96. The van der Waals surface area contributed by atoms with Crippen molar-refractivity contribution >= 4 is 33.3 Å². The Morgan fingerprint density at radius 2 is 1.67 bits per heavy atom. The van der Waals surface area contributed by atoms with E-state index in [4.69, 9.17) is 0 Å². The summed E-state index contributed by atoms with van der Waals surface area (Å²) in [6, 6.07) is 0. The molecular weight excluding hydrogens is 320 g/mol. The van der Waals surface area contributed by atoms with E-state index in [1.807, 2.05) is 0 Å². The Balaban J connectivity index is 0.000000631. The van der Waals surface area contributed by atoms with Crippen LogP contribution in [0.5, 0.6) is 0 Å². The largest absolute Gasteiger partial charge is 0.472 e. The van der Waals surface area contributed by atoms with Crippen molar-refractivity contribution < 1.29 is 20.5 Å². The summed E-state index contributed by atoms with van der Waals surface area (Å²) in [6.07, 6.45) is 0. The summed E-state index contributed by atoms with van der Waals surface area (Å²) >= 11 is 3.19. The highest BCUT2D eigenvalue weighted by atomic mass is 79.9. The van der Waals surface area contributed by atoms with Crippen LogP contribution in [0.25, 0.3) is 0 Å². The zero-order valence-corrected chi connectivity index (χ0v) is 10.3. The summed E-state index contributed by atoms with van der Waals surface area (Å²) in [5.41, 5.74) is 2.25. The minimum atomic E-state index is -1.31. The lowest BCUT2D eigenvalue weighted by molar-refractivity contribution is -0.441. The molecule has 12 nitrogen and oxygen atoms in total. The molecule has 0 amide bonds. The van der Waals surface area contributed by atoms with Crippen LogP contribution in [0.3, 0.4) is 0 Å². The monoisotopic (exact) mass is 326 g/mol. The van der Waals surface area contributed by atoms with Gasteiger partial charge in [-0.3, -0.25) is 10.1 Å². The van der Waals surface area contributed by atoms with Crippen molar-refractivity contribution in [3.8, 4) is 0 Å². The summed E-state index contributed by atoms with van der Waals surface area (Å²) in [5, 5.41) is 37.0. The smallest absolute Gasteiger partial charge is 0.459 e. The average molecular weight is 327 g/mol. The second-order valence-corrected chi connectivity index (χ2v) is 3.30. The molecule has 3 N–H and O–H groups in total. The number of hydrogen-bond acceptors (Lipinski definition) is 7. The molecule has 0 bridgehead atoms. The molecule has 0 aliphatic heterocycles. The van der Waals surface area contributed by atoms with Crippen molar-refractivity contribution in [2.75, 3.05) is 11.9 Å². The van der Waals surface area contributed by atoms with Gasteiger partial charge in [0.05, 0.1) is 21.9 Å². The van der Waals surface area contributed by atoms with E-state index in [1.54, 1.807) is 0 Å². The molecule has 0 radical (unpaired) electrons. The van der Waals surface area contributed by atoms with E-state index in [2.05, 4.69) is 31.9 Å². The van der Waals surface area contributed by atoms with E-state index in [1.165, 1.54) is 0 Å². The minimum Gasteiger partial charge on any atom is -0.459 e. The van der Waals surface area contributed by atoms with Gasteiger partial charge in [-0.25, -0.2) is 0 Å². The quantitative estimate of drug-likeness (QED) is 0.431. The first-order valence-electron chi connectivity index (χ1n) is 4.18. The molecule has 0 atom stereocenters. The number of nitrogens with zero attached hydrogens (tertiary/aromatic N) is 5. The Morgan fingerprint density at radius 3 is 1.94 bits per heavy atom. The highest BCUT2D eigenvalue weighted by Gasteiger charge is 2.36. The SMILES string of the molecule is O=[N+]([O-])c1n[n-]c([N+](=O)[O-])c1[N+](=O)[O-].[NH3+]CCBr. The normalized spacial score (nSPS) is 9.22. The van der Waals surface area contributed by atoms with E-state index in [0.717, 1.165) is 11.9 Å². The Kier molecular flexibility index (Phi) is 6.37. The molecule has 0 aliphatic carbocycles. The Morgan fingerprint density at radius 1 is 1.17 bits per heavy atom. The molecule has 0 fully saturated rings. The van der Waals surface area contributed by atoms with Gasteiger partial charge in [0.15, 0.2) is 0 Å². The van der Waals surface area contributed by atoms with Gasteiger partial charge in [-0.2, -0.15) is 4.92 Å². The first kappa shape index (κ1) is 15.9. The predicted molar refractivity (Wildman–Crippen MR) is 59.1 cm³/mol. The second-order valence-electron chi connectivity index (χ2n) is 2.51. The van der Waals surface area contributed by atoms with Crippen LogP contribution in [0.15, 0.2) is 0 Å². The summed E-state index contributed by atoms with van der Waals surface area (Å²) < 4.78 is 0. The number of nitro groups is 3. The van der Waals surface area contributed by atoms with Crippen molar-refractivity contribution in [2.45, 2.75) is 0 Å². The molecule has 100 valence electrons. The molecule has 0 saturated carbocycles.